The maximum absolute atomic E-state index is 8.83. The van der Waals surface area contributed by atoms with Crippen LogP contribution in [0.2, 0.25) is 0 Å². The first-order valence-corrected chi connectivity index (χ1v) is 7.80. The number of rotatable bonds is 2. The van der Waals surface area contributed by atoms with Gasteiger partial charge in [-0.15, -0.1) is 0 Å². The molecule has 20 heavy (non-hydrogen) atoms. The van der Waals surface area contributed by atoms with Gasteiger partial charge in [-0.1, -0.05) is 30.3 Å². The Morgan fingerprint density at radius 1 is 1.00 bits per heavy atom. The molecule has 1 aromatic carbocycles. The van der Waals surface area contributed by atoms with Crippen LogP contribution >= 0.6 is 0 Å². The summed E-state index contributed by atoms with van der Waals surface area (Å²) in [7, 11) is 0. The number of nitrogens with zero attached hydrogens (tertiary/aromatic N) is 1. The number of nitrogens with one attached hydrogen (secondary N) is 1. The van der Waals surface area contributed by atoms with E-state index < -0.39 is 0 Å². The van der Waals surface area contributed by atoms with Crippen LogP contribution < -0.4 is 0 Å². The number of amidine groups is 1. The number of hydrogen-bond acceptors (Lipinski definition) is 2. The van der Waals surface area contributed by atoms with E-state index in [2.05, 4.69) is 35.2 Å². The van der Waals surface area contributed by atoms with E-state index in [0.29, 0.717) is 0 Å². The topological polar surface area (TPSA) is 36.3 Å². The summed E-state index contributed by atoms with van der Waals surface area (Å²) >= 11 is 0. The van der Waals surface area contributed by atoms with Crippen LogP contribution in [0.4, 0.5) is 0 Å². The van der Waals surface area contributed by atoms with E-state index >= 15 is 0 Å². The monoisotopic (exact) mass is 272 g/mol. The average Bonchev–Trinajstić information content (AvgIpc) is 2.56. The van der Waals surface area contributed by atoms with Gasteiger partial charge in [-0.25, -0.2) is 0 Å². The van der Waals surface area contributed by atoms with Crippen molar-refractivity contribution >= 4 is 5.84 Å². The first-order chi connectivity index (χ1) is 9.83. The average molecular weight is 272 g/mol. The van der Waals surface area contributed by atoms with Crippen molar-refractivity contribution in [3.8, 4) is 0 Å². The smallest absolute Gasteiger partial charge is 0.107 e. The van der Waals surface area contributed by atoms with Gasteiger partial charge in [0.15, 0.2) is 0 Å². The van der Waals surface area contributed by atoms with E-state index in [0.717, 1.165) is 45.0 Å². The molecule has 0 bridgehead atoms. The molecule has 2 aliphatic rings. The summed E-state index contributed by atoms with van der Waals surface area (Å²) in [5.74, 6) is 0.826. The van der Waals surface area contributed by atoms with Crippen LogP contribution in [0.25, 0.3) is 0 Å². The van der Waals surface area contributed by atoms with Gasteiger partial charge in [0.2, 0.25) is 0 Å². The summed E-state index contributed by atoms with van der Waals surface area (Å²) in [6.07, 6.45) is 5.64. The van der Waals surface area contributed by atoms with E-state index in [1.165, 1.54) is 24.8 Å². The SMILES string of the molecule is N=C(N1CCCCC1)C1(c2ccccc2)CCOCC1. The molecule has 0 saturated carbocycles. The van der Waals surface area contributed by atoms with Crippen molar-refractivity contribution in [1.29, 1.82) is 5.41 Å². The molecule has 1 N–H and O–H groups in total. The molecule has 108 valence electrons. The molecular weight excluding hydrogens is 248 g/mol. The second-order valence-corrected chi connectivity index (χ2v) is 5.96. The summed E-state index contributed by atoms with van der Waals surface area (Å²) in [6, 6.07) is 10.6. The Kier molecular flexibility index (Phi) is 4.06. The standard InChI is InChI=1S/C17H24N2O/c18-16(19-11-5-2-6-12-19)17(9-13-20-14-10-17)15-7-3-1-4-8-15/h1,3-4,7-8,18H,2,5-6,9-14H2. The second kappa shape index (κ2) is 5.96. The highest BCUT2D eigenvalue weighted by Crippen LogP contribution is 2.37. The first-order valence-electron chi connectivity index (χ1n) is 7.80. The highest BCUT2D eigenvalue weighted by Gasteiger charge is 2.41. The fourth-order valence-electron chi connectivity index (χ4n) is 3.56. The molecule has 3 rings (SSSR count). The van der Waals surface area contributed by atoms with Crippen LogP contribution in [0.3, 0.4) is 0 Å². The molecule has 0 amide bonds. The normalized spacial score (nSPS) is 22.5. The zero-order valence-corrected chi connectivity index (χ0v) is 12.1. The van der Waals surface area contributed by atoms with Crippen molar-refractivity contribution < 1.29 is 4.74 Å². The molecule has 0 atom stereocenters. The molecule has 0 aromatic heterocycles. The third-order valence-corrected chi connectivity index (χ3v) is 4.80. The molecule has 0 spiro atoms. The van der Waals surface area contributed by atoms with Crippen molar-refractivity contribution in [3.05, 3.63) is 35.9 Å². The van der Waals surface area contributed by atoms with E-state index in [1.54, 1.807) is 0 Å². The highest BCUT2D eigenvalue weighted by atomic mass is 16.5. The van der Waals surface area contributed by atoms with Crippen LogP contribution in [0.15, 0.2) is 30.3 Å². The maximum atomic E-state index is 8.83. The minimum atomic E-state index is -0.128. The molecule has 3 heteroatoms. The lowest BCUT2D eigenvalue weighted by Crippen LogP contribution is -2.50. The van der Waals surface area contributed by atoms with Crippen molar-refractivity contribution in [3.63, 3.8) is 0 Å². The van der Waals surface area contributed by atoms with Crippen molar-refractivity contribution in [1.82, 2.24) is 4.90 Å². The minimum Gasteiger partial charge on any atom is -0.381 e. The number of hydrogen-bond donors (Lipinski definition) is 1. The molecule has 0 aliphatic carbocycles. The number of ether oxygens (including phenoxy) is 1. The van der Waals surface area contributed by atoms with Gasteiger partial charge in [0.1, 0.15) is 5.84 Å². The zero-order chi connectivity index (χ0) is 13.8. The molecule has 0 radical (unpaired) electrons. The fraction of sp³-hybridized carbons (Fsp3) is 0.588. The third-order valence-electron chi connectivity index (χ3n) is 4.80. The maximum Gasteiger partial charge on any atom is 0.107 e. The number of likely N-dealkylation sites (tertiary alicyclic amines) is 1. The Labute approximate surface area is 121 Å². The second-order valence-electron chi connectivity index (χ2n) is 5.96. The quantitative estimate of drug-likeness (QED) is 0.663. The van der Waals surface area contributed by atoms with E-state index in [4.69, 9.17) is 10.1 Å². The summed E-state index contributed by atoms with van der Waals surface area (Å²) in [5, 5.41) is 8.83. The first kappa shape index (κ1) is 13.6. The third kappa shape index (κ3) is 2.47. The predicted octanol–water partition coefficient (Wildman–Crippen LogP) is 3.20. The lowest BCUT2D eigenvalue weighted by Gasteiger charge is -2.43. The van der Waals surface area contributed by atoms with Gasteiger partial charge in [0, 0.05) is 26.3 Å². The molecule has 0 unspecified atom stereocenters. The van der Waals surface area contributed by atoms with Crippen LogP contribution in [0, 0.1) is 5.41 Å². The fourth-order valence-corrected chi connectivity index (χ4v) is 3.56. The van der Waals surface area contributed by atoms with Gasteiger partial charge in [0.25, 0.3) is 0 Å². The van der Waals surface area contributed by atoms with Gasteiger partial charge >= 0.3 is 0 Å². The summed E-state index contributed by atoms with van der Waals surface area (Å²) in [4.78, 5) is 2.31. The Bertz CT molecular complexity index is 445. The van der Waals surface area contributed by atoms with Gasteiger partial charge in [0.05, 0.1) is 5.41 Å². The largest absolute Gasteiger partial charge is 0.381 e. The lowest BCUT2D eigenvalue weighted by molar-refractivity contribution is 0.0662. The molecule has 2 fully saturated rings. The van der Waals surface area contributed by atoms with Crippen LogP contribution in [0.1, 0.15) is 37.7 Å². The van der Waals surface area contributed by atoms with E-state index in [-0.39, 0.29) is 5.41 Å². The number of benzene rings is 1. The Morgan fingerprint density at radius 2 is 1.65 bits per heavy atom. The molecule has 2 saturated heterocycles. The molecule has 3 nitrogen and oxygen atoms in total. The number of piperidine rings is 1. The van der Waals surface area contributed by atoms with Crippen molar-refractivity contribution in [2.75, 3.05) is 26.3 Å². The summed E-state index contributed by atoms with van der Waals surface area (Å²) in [5.41, 5.74) is 1.16. The van der Waals surface area contributed by atoms with Crippen LogP contribution in [-0.4, -0.2) is 37.0 Å². The molecule has 1 aromatic rings. The Hall–Kier alpha value is -1.35. The zero-order valence-electron chi connectivity index (χ0n) is 12.1. The van der Waals surface area contributed by atoms with E-state index in [9.17, 15) is 0 Å². The van der Waals surface area contributed by atoms with Gasteiger partial charge in [-0.3, -0.25) is 5.41 Å². The van der Waals surface area contributed by atoms with Crippen molar-refractivity contribution in [2.24, 2.45) is 0 Å². The minimum absolute atomic E-state index is 0.128. The Morgan fingerprint density at radius 3 is 2.30 bits per heavy atom. The van der Waals surface area contributed by atoms with E-state index in [1.807, 2.05) is 0 Å². The lowest BCUT2D eigenvalue weighted by atomic mass is 9.72. The Balaban J connectivity index is 1.91. The molecule has 2 aliphatic heterocycles. The van der Waals surface area contributed by atoms with Gasteiger partial charge in [-0.05, 0) is 37.7 Å². The predicted molar refractivity (Wildman–Crippen MR) is 81.3 cm³/mol. The van der Waals surface area contributed by atoms with Crippen LogP contribution in [-0.2, 0) is 10.2 Å². The molecule has 2 heterocycles. The van der Waals surface area contributed by atoms with Gasteiger partial charge in [-0.2, -0.15) is 0 Å². The van der Waals surface area contributed by atoms with Crippen molar-refractivity contribution in [2.45, 2.75) is 37.5 Å². The summed E-state index contributed by atoms with van der Waals surface area (Å²) < 4.78 is 5.57. The van der Waals surface area contributed by atoms with Crippen LogP contribution in [0.5, 0.6) is 0 Å². The highest BCUT2D eigenvalue weighted by molar-refractivity contribution is 5.91. The van der Waals surface area contributed by atoms with Gasteiger partial charge < -0.3 is 9.64 Å². The molecular formula is C17H24N2O. The summed E-state index contributed by atoms with van der Waals surface area (Å²) in [6.45, 7) is 3.64.